The van der Waals surface area contributed by atoms with Crippen LogP contribution in [0.4, 0.5) is 16.2 Å². The van der Waals surface area contributed by atoms with Crippen molar-refractivity contribution in [3.05, 3.63) is 82.3 Å². The maximum atomic E-state index is 12.8. The van der Waals surface area contributed by atoms with E-state index in [4.69, 9.17) is 23.2 Å². The number of anilines is 2. The third-order valence-corrected chi connectivity index (χ3v) is 6.17. The van der Waals surface area contributed by atoms with Gasteiger partial charge in [0.2, 0.25) is 11.8 Å². The first-order valence-electron chi connectivity index (χ1n) is 11.8. The van der Waals surface area contributed by atoms with Gasteiger partial charge in [-0.05, 0) is 54.8 Å². The Bertz CT molecular complexity index is 1420. The molecule has 0 spiro atoms. The van der Waals surface area contributed by atoms with Gasteiger partial charge in [-0.25, -0.2) is 9.78 Å². The lowest BCUT2D eigenvalue weighted by Gasteiger charge is -2.14. The highest BCUT2D eigenvalue weighted by molar-refractivity contribution is 6.32. The van der Waals surface area contributed by atoms with Gasteiger partial charge in [0, 0.05) is 28.8 Å². The van der Waals surface area contributed by atoms with Crippen molar-refractivity contribution in [3.8, 4) is 11.3 Å². The SMILES string of the molecule is COC(=O)Nc1ccc2c(c1)NC(=O)CCC=CCC(NC(=O)C=Cc1cccc(Cl)c1)c1nc-2c(Cl)[nH]1. The smallest absolute Gasteiger partial charge is 0.411 e. The molecule has 0 aliphatic carbocycles. The van der Waals surface area contributed by atoms with E-state index in [-0.39, 0.29) is 23.4 Å². The zero-order valence-electron chi connectivity index (χ0n) is 20.4. The second-order valence-electron chi connectivity index (χ2n) is 8.41. The topological polar surface area (TPSA) is 125 Å². The molecule has 2 aromatic carbocycles. The molecule has 1 aromatic heterocycles. The van der Waals surface area contributed by atoms with Crippen molar-refractivity contribution >= 4 is 58.6 Å². The fourth-order valence-corrected chi connectivity index (χ4v) is 4.27. The standard InChI is InChI=1S/C27H25Cl2N5O4/c1-38-27(37)30-18-11-12-19-21(15-18)32-22(35)9-4-2-3-8-20(26-33-24(19)25(29)34-26)31-23(36)13-10-16-6-5-7-17(28)14-16/h2-3,5-7,10-15,20H,4,8-9H2,1H3,(H,30,37)(H,31,36)(H,32,35)(H,33,34). The Morgan fingerprint density at radius 3 is 2.79 bits per heavy atom. The highest BCUT2D eigenvalue weighted by atomic mass is 35.5. The number of aromatic amines is 1. The Morgan fingerprint density at radius 2 is 2.00 bits per heavy atom. The Labute approximate surface area is 229 Å². The predicted octanol–water partition coefficient (Wildman–Crippen LogP) is 6.11. The highest BCUT2D eigenvalue weighted by Crippen LogP contribution is 2.35. The summed E-state index contributed by atoms with van der Waals surface area (Å²) in [5.74, 6) is -0.0850. The molecule has 4 rings (SSSR count). The number of imidazole rings is 1. The molecule has 0 saturated heterocycles. The Kier molecular flexibility index (Phi) is 8.83. The van der Waals surface area contributed by atoms with E-state index in [1.165, 1.54) is 13.2 Å². The molecular formula is C27H25Cl2N5O4. The molecule has 1 atom stereocenters. The number of nitrogens with one attached hydrogen (secondary N) is 4. The Balaban J connectivity index is 1.65. The van der Waals surface area contributed by atoms with Crippen LogP contribution in [-0.4, -0.2) is 35.0 Å². The third kappa shape index (κ3) is 7.02. The van der Waals surface area contributed by atoms with E-state index in [2.05, 4.69) is 30.7 Å². The molecule has 0 radical (unpaired) electrons. The van der Waals surface area contributed by atoms with Crippen LogP contribution in [0.3, 0.4) is 0 Å². The van der Waals surface area contributed by atoms with Crippen LogP contribution in [0.1, 0.15) is 36.7 Å². The van der Waals surface area contributed by atoms with E-state index in [1.54, 1.807) is 42.5 Å². The number of carbonyl (C=O) groups excluding carboxylic acids is 3. The second-order valence-corrected chi connectivity index (χ2v) is 9.22. The summed E-state index contributed by atoms with van der Waals surface area (Å²) in [6.45, 7) is 0. The number of ether oxygens (including phenoxy) is 1. The first-order chi connectivity index (χ1) is 18.3. The van der Waals surface area contributed by atoms with E-state index in [9.17, 15) is 14.4 Å². The number of carbonyl (C=O) groups is 3. The van der Waals surface area contributed by atoms with Crippen LogP contribution < -0.4 is 16.0 Å². The molecule has 1 aliphatic heterocycles. The fourth-order valence-electron chi connectivity index (χ4n) is 3.83. The number of halogens is 2. The minimum absolute atomic E-state index is 0.215. The van der Waals surface area contributed by atoms with Crippen molar-refractivity contribution in [2.45, 2.75) is 25.3 Å². The number of rotatable bonds is 4. The molecule has 3 amide bonds. The number of allylic oxidation sites excluding steroid dienone is 1. The quantitative estimate of drug-likeness (QED) is 0.229. The van der Waals surface area contributed by atoms with E-state index < -0.39 is 12.1 Å². The number of fused-ring (bicyclic) bond motifs is 4. The van der Waals surface area contributed by atoms with Gasteiger partial charge in [0.1, 0.15) is 16.7 Å². The van der Waals surface area contributed by atoms with Gasteiger partial charge in [0.25, 0.3) is 0 Å². The van der Waals surface area contributed by atoms with Gasteiger partial charge in [-0.1, -0.05) is 47.5 Å². The molecule has 0 fully saturated rings. The molecule has 196 valence electrons. The van der Waals surface area contributed by atoms with Gasteiger partial charge >= 0.3 is 6.09 Å². The van der Waals surface area contributed by atoms with E-state index in [0.29, 0.717) is 46.3 Å². The maximum Gasteiger partial charge on any atom is 0.411 e. The van der Waals surface area contributed by atoms with Crippen molar-refractivity contribution in [1.82, 2.24) is 15.3 Å². The molecule has 9 nitrogen and oxygen atoms in total. The van der Waals surface area contributed by atoms with Crippen molar-refractivity contribution in [2.24, 2.45) is 0 Å². The van der Waals surface area contributed by atoms with Crippen LogP contribution in [0.5, 0.6) is 0 Å². The first-order valence-corrected chi connectivity index (χ1v) is 12.5. The van der Waals surface area contributed by atoms with E-state index in [0.717, 1.165) is 5.56 Å². The normalized spacial score (nSPS) is 15.4. The first kappa shape index (κ1) is 27.0. The fraction of sp³-hybridized carbons (Fsp3) is 0.185. The predicted molar refractivity (Wildman–Crippen MR) is 148 cm³/mol. The second kappa shape index (κ2) is 12.4. The number of benzene rings is 2. The maximum absolute atomic E-state index is 12.8. The molecule has 11 heteroatoms. The molecule has 38 heavy (non-hydrogen) atoms. The van der Waals surface area contributed by atoms with Gasteiger partial charge in [0.15, 0.2) is 0 Å². The monoisotopic (exact) mass is 553 g/mol. The average Bonchev–Trinajstić information content (AvgIpc) is 3.27. The zero-order valence-corrected chi connectivity index (χ0v) is 21.9. The molecule has 1 unspecified atom stereocenters. The number of amides is 3. The van der Waals surface area contributed by atoms with E-state index >= 15 is 0 Å². The summed E-state index contributed by atoms with van der Waals surface area (Å²) < 4.78 is 4.65. The van der Waals surface area contributed by atoms with Crippen LogP contribution in [0.25, 0.3) is 17.3 Å². The Hall–Kier alpha value is -4.08. The zero-order chi connectivity index (χ0) is 27.1. The third-order valence-electron chi connectivity index (χ3n) is 5.66. The molecule has 4 N–H and O–H groups in total. The summed E-state index contributed by atoms with van der Waals surface area (Å²) in [6, 6.07) is 11.6. The summed E-state index contributed by atoms with van der Waals surface area (Å²) in [5.41, 5.74) is 2.55. The lowest BCUT2D eigenvalue weighted by Crippen LogP contribution is -2.27. The highest BCUT2D eigenvalue weighted by Gasteiger charge is 2.22. The summed E-state index contributed by atoms with van der Waals surface area (Å²) in [6.07, 6.45) is 7.38. The van der Waals surface area contributed by atoms with Crippen LogP contribution in [0, 0.1) is 0 Å². The van der Waals surface area contributed by atoms with Gasteiger partial charge in [-0.2, -0.15) is 0 Å². The molecule has 2 heterocycles. The molecule has 1 aliphatic rings. The van der Waals surface area contributed by atoms with Crippen molar-refractivity contribution in [1.29, 1.82) is 0 Å². The Morgan fingerprint density at radius 1 is 1.16 bits per heavy atom. The summed E-state index contributed by atoms with van der Waals surface area (Å²) >= 11 is 12.6. The van der Waals surface area contributed by atoms with Crippen LogP contribution in [-0.2, 0) is 14.3 Å². The van der Waals surface area contributed by atoms with Gasteiger partial charge in [-0.3, -0.25) is 14.9 Å². The number of hydrogen-bond donors (Lipinski definition) is 4. The number of aromatic nitrogens is 2. The van der Waals surface area contributed by atoms with Gasteiger partial charge in [0.05, 0.1) is 18.8 Å². The van der Waals surface area contributed by atoms with Gasteiger partial charge in [-0.15, -0.1) is 0 Å². The largest absolute Gasteiger partial charge is 0.453 e. The average molecular weight is 554 g/mol. The lowest BCUT2D eigenvalue weighted by atomic mass is 10.1. The number of methoxy groups -OCH3 is 1. The van der Waals surface area contributed by atoms with Crippen molar-refractivity contribution in [2.75, 3.05) is 17.7 Å². The number of nitrogens with zero attached hydrogens (tertiary/aromatic N) is 1. The van der Waals surface area contributed by atoms with Crippen molar-refractivity contribution in [3.63, 3.8) is 0 Å². The van der Waals surface area contributed by atoms with Crippen LogP contribution >= 0.6 is 23.2 Å². The van der Waals surface area contributed by atoms with Crippen LogP contribution in [0.15, 0.2) is 60.7 Å². The van der Waals surface area contributed by atoms with Crippen LogP contribution in [0.2, 0.25) is 10.2 Å². The minimum atomic E-state index is -0.644. The van der Waals surface area contributed by atoms with Crippen molar-refractivity contribution < 1.29 is 19.1 Å². The lowest BCUT2D eigenvalue weighted by molar-refractivity contribution is -0.117. The molecule has 2 bridgehead atoms. The number of H-pyrrole nitrogens is 1. The summed E-state index contributed by atoms with van der Waals surface area (Å²) in [7, 11) is 1.26. The minimum Gasteiger partial charge on any atom is -0.453 e. The summed E-state index contributed by atoms with van der Waals surface area (Å²) in [5, 5.41) is 9.22. The molecule has 0 saturated carbocycles. The number of hydrogen-bond acceptors (Lipinski definition) is 5. The molecular weight excluding hydrogens is 529 g/mol. The molecule has 3 aromatic rings. The van der Waals surface area contributed by atoms with E-state index in [1.807, 2.05) is 18.2 Å². The summed E-state index contributed by atoms with van der Waals surface area (Å²) in [4.78, 5) is 44.8. The van der Waals surface area contributed by atoms with Gasteiger partial charge < -0.3 is 20.4 Å².